The van der Waals surface area contributed by atoms with Crippen molar-refractivity contribution in [1.29, 1.82) is 0 Å². The van der Waals surface area contributed by atoms with Crippen molar-refractivity contribution >= 4 is 27.5 Å². The number of aromatic nitrogens is 2. The van der Waals surface area contributed by atoms with Crippen LogP contribution in [-0.4, -0.2) is 13.8 Å². The maximum atomic E-state index is 13.2. The standard InChI is InChI=1S/C26H21N3O2S/c30-24-17-25(28-19-10-4-1-5-11-19)29(20-12-6-2-7-13-20)23-16-26(27-18-22(23)24)32(31)21-14-8-3-9-15-21/h2-4,6-18,28H,1,5H2. The maximum Gasteiger partial charge on any atom is 0.193 e. The van der Waals surface area contributed by atoms with Gasteiger partial charge in [0.05, 0.1) is 10.9 Å². The molecule has 0 bridgehead atoms. The van der Waals surface area contributed by atoms with Crippen LogP contribution in [0.2, 0.25) is 0 Å². The quantitative estimate of drug-likeness (QED) is 0.464. The normalized spacial score (nSPS) is 14.2. The number of fused-ring (bicyclic) bond motifs is 1. The van der Waals surface area contributed by atoms with Gasteiger partial charge in [0, 0.05) is 28.5 Å². The molecular weight excluding hydrogens is 418 g/mol. The van der Waals surface area contributed by atoms with Gasteiger partial charge in [-0.2, -0.15) is 0 Å². The smallest absolute Gasteiger partial charge is 0.193 e. The molecule has 32 heavy (non-hydrogen) atoms. The summed E-state index contributed by atoms with van der Waals surface area (Å²) >= 11 is 0. The molecule has 1 atom stereocenters. The van der Waals surface area contributed by atoms with E-state index in [2.05, 4.69) is 22.5 Å². The minimum Gasteiger partial charge on any atom is -0.342 e. The summed E-state index contributed by atoms with van der Waals surface area (Å²) in [6.07, 6.45) is 9.74. The van der Waals surface area contributed by atoms with Crippen LogP contribution in [0.3, 0.4) is 0 Å². The number of para-hydroxylation sites is 1. The zero-order chi connectivity index (χ0) is 21.9. The van der Waals surface area contributed by atoms with Gasteiger partial charge in [-0.1, -0.05) is 48.6 Å². The summed E-state index contributed by atoms with van der Waals surface area (Å²) in [5.74, 6) is 0.647. The number of hydrogen-bond donors (Lipinski definition) is 1. The topological polar surface area (TPSA) is 64.0 Å². The average molecular weight is 440 g/mol. The summed E-state index contributed by atoms with van der Waals surface area (Å²) in [5.41, 5.74) is 2.35. The van der Waals surface area contributed by atoms with E-state index >= 15 is 0 Å². The fourth-order valence-corrected chi connectivity index (χ4v) is 4.78. The lowest BCUT2D eigenvalue weighted by Crippen LogP contribution is -2.15. The predicted octanol–water partition coefficient (Wildman–Crippen LogP) is 5.20. The Morgan fingerprint density at radius 2 is 1.69 bits per heavy atom. The summed E-state index contributed by atoms with van der Waals surface area (Å²) < 4.78 is 15.1. The summed E-state index contributed by atoms with van der Waals surface area (Å²) in [6, 6.07) is 22.4. The molecule has 1 N–H and O–H groups in total. The van der Waals surface area contributed by atoms with Gasteiger partial charge in [-0.15, -0.1) is 0 Å². The number of rotatable bonds is 5. The molecule has 0 radical (unpaired) electrons. The van der Waals surface area contributed by atoms with E-state index in [4.69, 9.17) is 0 Å². The van der Waals surface area contributed by atoms with Gasteiger partial charge in [-0.25, -0.2) is 9.19 Å². The van der Waals surface area contributed by atoms with Crippen molar-refractivity contribution < 1.29 is 4.21 Å². The SMILES string of the molecule is O=c1cc(NC2=CCCC=C2)n(-c2ccccc2)c2cc(S(=O)c3ccccc3)ncc12. The number of nitrogens with zero attached hydrogens (tertiary/aromatic N) is 2. The number of anilines is 1. The Labute approximate surface area is 188 Å². The van der Waals surface area contributed by atoms with Crippen LogP contribution in [0.25, 0.3) is 16.6 Å². The first kappa shape index (κ1) is 20.2. The van der Waals surface area contributed by atoms with Gasteiger partial charge in [-0.05, 0) is 49.2 Å². The van der Waals surface area contributed by atoms with Crippen LogP contribution in [0.15, 0.2) is 118 Å². The lowest BCUT2D eigenvalue weighted by molar-refractivity contribution is 0.680. The minimum atomic E-state index is -1.46. The molecule has 2 aromatic heterocycles. The van der Waals surface area contributed by atoms with Crippen LogP contribution in [0.1, 0.15) is 12.8 Å². The van der Waals surface area contributed by atoms with Crippen LogP contribution < -0.4 is 10.7 Å². The predicted molar refractivity (Wildman–Crippen MR) is 129 cm³/mol. The number of hydrogen-bond acceptors (Lipinski definition) is 4. The van der Waals surface area contributed by atoms with Crippen LogP contribution in [-0.2, 0) is 10.8 Å². The highest BCUT2D eigenvalue weighted by Crippen LogP contribution is 2.26. The monoisotopic (exact) mass is 439 g/mol. The molecule has 0 amide bonds. The van der Waals surface area contributed by atoms with Crippen LogP contribution >= 0.6 is 0 Å². The fraction of sp³-hybridized carbons (Fsp3) is 0.0769. The lowest BCUT2D eigenvalue weighted by Gasteiger charge is -2.20. The molecule has 1 aliphatic rings. The summed E-state index contributed by atoms with van der Waals surface area (Å²) in [7, 11) is -1.46. The van der Waals surface area contributed by atoms with Crippen molar-refractivity contribution in [2.45, 2.75) is 22.8 Å². The van der Waals surface area contributed by atoms with Crippen molar-refractivity contribution in [3.8, 4) is 5.69 Å². The van der Waals surface area contributed by atoms with Crippen molar-refractivity contribution in [2.75, 3.05) is 5.32 Å². The molecule has 6 heteroatoms. The van der Waals surface area contributed by atoms with E-state index < -0.39 is 10.8 Å². The third kappa shape index (κ3) is 3.92. The number of nitrogens with one attached hydrogen (secondary N) is 1. The van der Waals surface area contributed by atoms with E-state index in [9.17, 15) is 9.00 Å². The van der Waals surface area contributed by atoms with Crippen molar-refractivity contribution in [3.05, 3.63) is 113 Å². The molecule has 158 valence electrons. The first-order chi connectivity index (χ1) is 15.7. The fourth-order valence-electron chi connectivity index (χ4n) is 3.76. The van der Waals surface area contributed by atoms with E-state index in [1.807, 2.05) is 71.3 Å². The van der Waals surface area contributed by atoms with Crippen LogP contribution in [0.4, 0.5) is 5.82 Å². The number of pyridine rings is 2. The average Bonchev–Trinajstić information content (AvgIpc) is 2.85. The molecule has 0 spiro atoms. The minimum absolute atomic E-state index is 0.139. The number of allylic oxidation sites excluding steroid dienone is 3. The Balaban J connectivity index is 1.73. The molecule has 2 heterocycles. The molecule has 0 saturated carbocycles. The number of benzene rings is 2. The lowest BCUT2D eigenvalue weighted by atomic mass is 10.1. The summed E-state index contributed by atoms with van der Waals surface area (Å²) in [5, 5.41) is 4.28. The van der Waals surface area contributed by atoms with Gasteiger partial charge in [-0.3, -0.25) is 9.36 Å². The highest BCUT2D eigenvalue weighted by Gasteiger charge is 2.16. The van der Waals surface area contributed by atoms with Gasteiger partial charge in [0.25, 0.3) is 0 Å². The summed E-state index contributed by atoms with van der Waals surface area (Å²) in [6.45, 7) is 0. The zero-order valence-corrected chi connectivity index (χ0v) is 18.1. The van der Waals surface area contributed by atoms with E-state index in [1.54, 1.807) is 12.1 Å². The highest BCUT2D eigenvalue weighted by molar-refractivity contribution is 7.85. The second-order valence-electron chi connectivity index (χ2n) is 7.45. The molecule has 4 aromatic rings. The van der Waals surface area contributed by atoms with E-state index in [0.717, 1.165) is 24.2 Å². The first-order valence-electron chi connectivity index (χ1n) is 10.4. The third-order valence-electron chi connectivity index (χ3n) is 5.30. The van der Waals surface area contributed by atoms with E-state index in [1.165, 1.54) is 6.20 Å². The Kier molecular flexibility index (Phi) is 5.52. The molecule has 5 rings (SSSR count). The van der Waals surface area contributed by atoms with Gasteiger partial charge in [0.15, 0.2) is 5.43 Å². The first-order valence-corrected chi connectivity index (χ1v) is 11.6. The molecule has 2 aromatic carbocycles. The maximum absolute atomic E-state index is 13.2. The Hall–Kier alpha value is -3.77. The largest absolute Gasteiger partial charge is 0.342 e. The molecular formula is C26H21N3O2S. The van der Waals surface area contributed by atoms with Crippen molar-refractivity contribution in [3.63, 3.8) is 0 Å². The Bertz CT molecular complexity index is 1420. The van der Waals surface area contributed by atoms with Crippen molar-refractivity contribution in [1.82, 2.24) is 9.55 Å². The van der Waals surface area contributed by atoms with Gasteiger partial charge in [0.1, 0.15) is 21.6 Å². The zero-order valence-electron chi connectivity index (χ0n) is 17.3. The third-order valence-corrected chi connectivity index (χ3v) is 6.60. The Morgan fingerprint density at radius 1 is 0.938 bits per heavy atom. The summed E-state index contributed by atoms with van der Waals surface area (Å²) in [4.78, 5) is 18.0. The molecule has 5 nitrogen and oxygen atoms in total. The van der Waals surface area contributed by atoms with Crippen molar-refractivity contribution in [2.24, 2.45) is 0 Å². The van der Waals surface area contributed by atoms with Gasteiger partial charge < -0.3 is 5.32 Å². The molecule has 1 aliphatic carbocycles. The Morgan fingerprint density at radius 3 is 2.41 bits per heavy atom. The second-order valence-corrected chi connectivity index (χ2v) is 8.88. The molecule has 0 aliphatic heterocycles. The van der Waals surface area contributed by atoms with Crippen LogP contribution in [0.5, 0.6) is 0 Å². The van der Waals surface area contributed by atoms with Gasteiger partial charge in [0.2, 0.25) is 0 Å². The van der Waals surface area contributed by atoms with Gasteiger partial charge >= 0.3 is 0 Å². The molecule has 0 fully saturated rings. The van der Waals surface area contributed by atoms with E-state index in [0.29, 0.717) is 26.6 Å². The van der Waals surface area contributed by atoms with Crippen LogP contribution in [0, 0.1) is 0 Å². The second kappa shape index (κ2) is 8.77. The molecule has 0 saturated heterocycles. The molecule has 1 unspecified atom stereocenters. The van der Waals surface area contributed by atoms with E-state index in [-0.39, 0.29) is 5.43 Å². The highest BCUT2D eigenvalue weighted by atomic mass is 32.2.